The molecule has 0 aliphatic heterocycles. The van der Waals surface area contributed by atoms with E-state index in [9.17, 15) is 8.42 Å². The van der Waals surface area contributed by atoms with Crippen LogP contribution in [0.3, 0.4) is 0 Å². The number of unbranched alkanes of at least 4 members (excludes halogenated alkanes) is 50. The maximum Gasteiger partial charge on any atom is 0.399 e. The number of rotatable bonds is 56. The van der Waals surface area contributed by atoms with Crippen molar-refractivity contribution in [3.05, 3.63) is 0 Å². The summed E-state index contributed by atoms with van der Waals surface area (Å²) in [5, 5.41) is 0. The molecule has 4 nitrogen and oxygen atoms in total. The van der Waals surface area contributed by atoms with Crippen LogP contribution in [0.4, 0.5) is 0 Å². The first-order chi connectivity index (χ1) is 30.1. The van der Waals surface area contributed by atoms with Crippen LogP contribution in [0.1, 0.15) is 348 Å². The predicted octanol–water partition coefficient (Wildman–Crippen LogP) is 20.6. The molecule has 0 unspecified atom stereocenters. The number of hydrogen-bond donors (Lipinski definition) is 0. The molecule has 0 spiro atoms. The standard InChI is InChI=1S/C56H114O4S/c1-3-5-7-9-11-13-15-17-19-21-23-25-27-29-31-33-35-37-39-41-43-45-47-49-51-53-55-59-61(57,58)60-56-54-52-50-48-46-44-42-40-38-36-34-32-30-28-26-24-22-20-18-16-14-12-10-8-6-4-2/h3-56H2,1-2H3. The van der Waals surface area contributed by atoms with Crippen molar-refractivity contribution < 1.29 is 16.8 Å². The highest BCUT2D eigenvalue weighted by atomic mass is 32.3. The van der Waals surface area contributed by atoms with Crippen molar-refractivity contribution in [2.75, 3.05) is 13.2 Å². The zero-order valence-electron chi connectivity index (χ0n) is 42.2. The molecule has 0 aliphatic carbocycles. The van der Waals surface area contributed by atoms with Crippen molar-refractivity contribution in [1.82, 2.24) is 0 Å². The summed E-state index contributed by atoms with van der Waals surface area (Å²) in [5.74, 6) is 0. The minimum absolute atomic E-state index is 0.251. The molecule has 0 aromatic rings. The summed E-state index contributed by atoms with van der Waals surface area (Å²) in [7, 11) is -3.84. The summed E-state index contributed by atoms with van der Waals surface area (Å²) in [4.78, 5) is 0. The van der Waals surface area contributed by atoms with E-state index in [1.165, 1.54) is 308 Å². The van der Waals surface area contributed by atoms with Crippen molar-refractivity contribution in [3.63, 3.8) is 0 Å². The van der Waals surface area contributed by atoms with Gasteiger partial charge in [0.1, 0.15) is 0 Å². The fourth-order valence-corrected chi connectivity index (χ4v) is 9.90. The average Bonchev–Trinajstić information content (AvgIpc) is 3.25. The van der Waals surface area contributed by atoms with Gasteiger partial charge in [-0.25, -0.2) is 8.37 Å². The van der Waals surface area contributed by atoms with E-state index in [0.29, 0.717) is 0 Å². The number of hydrogen-bond acceptors (Lipinski definition) is 4. The van der Waals surface area contributed by atoms with Crippen LogP contribution < -0.4 is 0 Å². The molecule has 0 amide bonds. The molecule has 368 valence electrons. The highest BCUT2D eigenvalue weighted by Crippen LogP contribution is 2.18. The highest BCUT2D eigenvalue weighted by molar-refractivity contribution is 7.81. The van der Waals surface area contributed by atoms with E-state index in [1.54, 1.807) is 0 Å². The molecule has 0 N–H and O–H groups in total. The normalized spacial score (nSPS) is 12.0. The Morgan fingerprint density at radius 3 is 0.443 bits per heavy atom. The molecule has 0 bridgehead atoms. The summed E-state index contributed by atoms with van der Waals surface area (Å²) in [5.41, 5.74) is 0. The van der Waals surface area contributed by atoms with Gasteiger partial charge in [0, 0.05) is 0 Å². The van der Waals surface area contributed by atoms with E-state index in [1.807, 2.05) is 0 Å². The SMILES string of the molecule is CCCCCCCCCCCCCCCCCCCCCCCCCCCCOS(=O)(=O)OCCCCCCCCCCCCCCCCCCCCCCCCCCCC. The molecular weight excluding hydrogens is 769 g/mol. The molecule has 0 radical (unpaired) electrons. The molecule has 0 aromatic carbocycles. The topological polar surface area (TPSA) is 52.6 Å². The van der Waals surface area contributed by atoms with Crippen LogP contribution >= 0.6 is 0 Å². The van der Waals surface area contributed by atoms with E-state index in [2.05, 4.69) is 13.8 Å². The van der Waals surface area contributed by atoms with Gasteiger partial charge in [-0.2, -0.15) is 8.42 Å². The van der Waals surface area contributed by atoms with Gasteiger partial charge in [0.2, 0.25) is 0 Å². The van der Waals surface area contributed by atoms with E-state index in [-0.39, 0.29) is 13.2 Å². The van der Waals surface area contributed by atoms with Crippen molar-refractivity contribution in [2.45, 2.75) is 348 Å². The molecule has 0 atom stereocenters. The van der Waals surface area contributed by atoms with Gasteiger partial charge in [-0.15, -0.1) is 0 Å². The second kappa shape index (κ2) is 54.2. The summed E-state index contributed by atoms with van der Waals surface area (Å²) in [6.07, 6.45) is 71.3. The summed E-state index contributed by atoms with van der Waals surface area (Å²) in [6.45, 7) is 5.10. The van der Waals surface area contributed by atoms with Gasteiger partial charge >= 0.3 is 10.4 Å². The Morgan fingerprint density at radius 2 is 0.311 bits per heavy atom. The van der Waals surface area contributed by atoms with Gasteiger partial charge in [0.15, 0.2) is 0 Å². The molecule has 0 aromatic heterocycles. The summed E-state index contributed by atoms with van der Waals surface area (Å²) < 4.78 is 34.3. The van der Waals surface area contributed by atoms with E-state index >= 15 is 0 Å². The van der Waals surface area contributed by atoms with Gasteiger partial charge in [0.25, 0.3) is 0 Å². The molecule has 0 saturated carbocycles. The van der Waals surface area contributed by atoms with Crippen molar-refractivity contribution >= 4 is 10.4 Å². The average molecular weight is 884 g/mol. The van der Waals surface area contributed by atoms with E-state index in [0.717, 1.165) is 25.7 Å². The molecule has 0 aliphatic rings. The van der Waals surface area contributed by atoms with Crippen LogP contribution in [0.5, 0.6) is 0 Å². The quantitative estimate of drug-likeness (QED) is 0.0571. The Kier molecular flexibility index (Phi) is 54.1. The van der Waals surface area contributed by atoms with Crippen molar-refractivity contribution in [3.8, 4) is 0 Å². The lowest BCUT2D eigenvalue weighted by Crippen LogP contribution is -2.12. The smallest absolute Gasteiger partial charge is 0.248 e. The van der Waals surface area contributed by atoms with Crippen LogP contribution in [0.15, 0.2) is 0 Å². The summed E-state index contributed by atoms with van der Waals surface area (Å²) in [6, 6.07) is 0. The fraction of sp³-hybridized carbons (Fsp3) is 1.00. The lowest BCUT2D eigenvalue weighted by molar-refractivity contribution is 0.208. The third kappa shape index (κ3) is 55.9. The van der Waals surface area contributed by atoms with Gasteiger partial charge in [-0.05, 0) is 12.8 Å². The Hall–Kier alpha value is -0.130. The maximum absolute atomic E-state index is 12.1. The first-order valence-corrected chi connectivity index (χ1v) is 30.0. The van der Waals surface area contributed by atoms with Crippen LogP contribution in [0.25, 0.3) is 0 Å². The lowest BCUT2D eigenvalue weighted by Gasteiger charge is -2.07. The third-order valence-electron chi connectivity index (χ3n) is 13.5. The molecule has 5 heteroatoms. The monoisotopic (exact) mass is 883 g/mol. The van der Waals surface area contributed by atoms with Crippen molar-refractivity contribution in [2.24, 2.45) is 0 Å². The summed E-state index contributed by atoms with van der Waals surface area (Å²) >= 11 is 0. The molecular formula is C56H114O4S. The van der Waals surface area contributed by atoms with Crippen LogP contribution in [-0.2, 0) is 18.8 Å². The second-order valence-corrected chi connectivity index (χ2v) is 21.0. The Morgan fingerprint density at radius 1 is 0.197 bits per heavy atom. The first kappa shape index (κ1) is 60.9. The van der Waals surface area contributed by atoms with Crippen LogP contribution in [0, 0.1) is 0 Å². The minimum atomic E-state index is -3.84. The second-order valence-electron chi connectivity index (χ2n) is 19.7. The minimum Gasteiger partial charge on any atom is -0.248 e. The third-order valence-corrected chi connectivity index (χ3v) is 14.4. The maximum atomic E-state index is 12.1. The fourth-order valence-electron chi connectivity index (χ4n) is 9.19. The Bertz CT molecular complexity index is 812. The molecule has 61 heavy (non-hydrogen) atoms. The zero-order valence-corrected chi connectivity index (χ0v) is 43.0. The zero-order chi connectivity index (χ0) is 44.1. The van der Waals surface area contributed by atoms with E-state index in [4.69, 9.17) is 8.37 Å². The van der Waals surface area contributed by atoms with Crippen LogP contribution in [-0.4, -0.2) is 21.6 Å². The van der Waals surface area contributed by atoms with Gasteiger partial charge in [-0.1, -0.05) is 335 Å². The van der Waals surface area contributed by atoms with Gasteiger partial charge in [0.05, 0.1) is 13.2 Å². The predicted molar refractivity (Wildman–Crippen MR) is 272 cm³/mol. The van der Waals surface area contributed by atoms with Gasteiger partial charge in [-0.3, -0.25) is 0 Å². The first-order valence-electron chi connectivity index (χ1n) is 28.7. The molecule has 0 fully saturated rings. The van der Waals surface area contributed by atoms with Crippen molar-refractivity contribution in [1.29, 1.82) is 0 Å². The lowest BCUT2D eigenvalue weighted by atomic mass is 10.0. The van der Waals surface area contributed by atoms with Crippen LogP contribution in [0.2, 0.25) is 0 Å². The molecule has 0 heterocycles. The molecule has 0 saturated heterocycles. The van der Waals surface area contributed by atoms with E-state index < -0.39 is 10.4 Å². The van der Waals surface area contributed by atoms with Gasteiger partial charge < -0.3 is 0 Å². The highest BCUT2D eigenvalue weighted by Gasteiger charge is 2.11. The Balaban J connectivity index is 3.23. The Labute approximate surface area is 386 Å². The largest absolute Gasteiger partial charge is 0.399 e. The molecule has 0 rings (SSSR count).